The summed E-state index contributed by atoms with van der Waals surface area (Å²) in [6.45, 7) is 0. The maximum Gasteiger partial charge on any atom is 0.150 e. The molecule has 3 heteroatoms. The van der Waals surface area contributed by atoms with Gasteiger partial charge in [-0.15, -0.1) is 0 Å². The van der Waals surface area contributed by atoms with Crippen molar-refractivity contribution in [1.29, 1.82) is 0 Å². The number of benzene rings is 3. The van der Waals surface area contributed by atoms with E-state index in [9.17, 15) is 4.57 Å². The Bertz CT molecular complexity index is 1020. The molecule has 4 rings (SSSR count). The highest BCUT2D eigenvalue weighted by molar-refractivity contribution is 9.10. The van der Waals surface area contributed by atoms with E-state index in [0.29, 0.717) is 0 Å². The van der Waals surface area contributed by atoms with Crippen LogP contribution in [0.15, 0.2) is 108 Å². The highest BCUT2D eigenvalue weighted by Crippen LogP contribution is 2.51. The molecule has 2 unspecified atom stereocenters. The quantitative estimate of drug-likeness (QED) is 0.439. The number of allylic oxidation sites excluding steroid dienone is 4. The van der Waals surface area contributed by atoms with Gasteiger partial charge >= 0.3 is 0 Å². The minimum Gasteiger partial charge on any atom is -0.313 e. The van der Waals surface area contributed by atoms with E-state index in [0.717, 1.165) is 32.6 Å². The van der Waals surface area contributed by atoms with Gasteiger partial charge in [0, 0.05) is 20.7 Å². The second kappa shape index (κ2) is 7.84. The zero-order chi connectivity index (χ0) is 18.7. The van der Waals surface area contributed by atoms with Crippen molar-refractivity contribution in [2.75, 3.05) is 0 Å². The first kappa shape index (κ1) is 18.2. The summed E-state index contributed by atoms with van der Waals surface area (Å²) in [6.07, 6.45) is 9.05. The summed E-state index contributed by atoms with van der Waals surface area (Å²) < 4.78 is 15.4. The van der Waals surface area contributed by atoms with Crippen molar-refractivity contribution >= 4 is 33.7 Å². The zero-order valence-electron chi connectivity index (χ0n) is 14.8. The molecule has 0 bridgehead atoms. The SMILES string of the molecule is O=P(c1ccccc1)(c1ccc(-c2ccc(Br)cc2)cc1)C1C=CC=CC1. The van der Waals surface area contributed by atoms with Crippen molar-refractivity contribution in [2.45, 2.75) is 12.1 Å². The fraction of sp³-hybridized carbons (Fsp3) is 0.0833. The Morgan fingerprint density at radius 2 is 1.33 bits per heavy atom. The molecule has 1 nitrogen and oxygen atoms in total. The minimum atomic E-state index is -2.76. The largest absolute Gasteiger partial charge is 0.313 e. The zero-order valence-corrected chi connectivity index (χ0v) is 17.3. The smallest absolute Gasteiger partial charge is 0.150 e. The lowest BCUT2D eigenvalue weighted by Gasteiger charge is -2.27. The molecule has 0 aromatic heterocycles. The summed E-state index contributed by atoms with van der Waals surface area (Å²) in [5.74, 6) is 0. The van der Waals surface area contributed by atoms with Gasteiger partial charge in [-0.1, -0.05) is 107 Å². The van der Waals surface area contributed by atoms with E-state index in [-0.39, 0.29) is 5.66 Å². The van der Waals surface area contributed by atoms with E-state index >= 15 is 0 Å². The molecule has 0 aliphatic heterocycles. The van der Waals surface area contributed by atoms with E-state index < -0.39 is 7.14 Å². The Hall–Kier alpha value is -2.15. The van der Waals surface area contributed by atoms with E-state index in [2.05, 4.69) is 52.3 Å². The highest BCUT2D eigenvalue weighted by atomic mass is 79.9. The molecule has 0 fully saturated rings. The molecule has 0 heterocycles. The van der Waals surface area contributed by atoms with Gasteiger partial charge in [0.05, 0.1) is 0 Å². The second-order valence-electron chi connectivity index (χ2n) is 6.66. The van der Waals surface area contributed by atoms with Crippen LogP contribution in [-0.4, -0.2) is 5.66 Å². The van der Waals surface area contributed by atoms with Crippen molar-refractivity contribution in [3.63, 3.8) is 0 Å². The normalized spacial score (nSPS) is 18.2. The summed E-state index contributed by atoms with van der Waals surface area (Å²) >= 11 is 3.48. The highest BCUT2D eigenvalue weighted by Gasteiger charge is 2.34. The van der Waals surface area contributed by atoms with E-state index in [1.54, 1.807) is 0 Å². The molecule has 0 saturated carbocycles. The van der Waals surface area contributed by atoms with Gasteiger partial charge in [0.15, 0.2) is 0 Å². The summed E-state index contributed by atoms with van der Waals surface area (Å²) in [7, 11) is -2.76. The van der Waals surface area contributed by atoms with Crippen LogP contribution in [0.3, 0.4) is 0 Å². The molecule has 3 aromatic rings. The predicted octanol–water partition coefficient (Wildman–Crippen LogP) is 6.31. The first-order valence-electron chi connectivity index (χ1n) is 9.03. The van der Waals surface area contributed by atoms with Crippen LogP contribution in [0.5, 0.6) is 0 Å². The van der Waals surface area contributed by atoms with Crippen molar-refractivity contribution in [3.8, 4) is 11.1 Å². The van der Waals surface area contributed by atoms with Crippen LogP contribution in [0.1, 0.15) is 6.42 Å². The fourth-order valence-electron chi connectivity index (χ4n) is 3.54. The first-order valence-corrected chi connectivity index (χ1v) is 11.6. The number of rotatable bonds is 4. The number of halogens is 1. The van der Waals surface area contributed by atoms with Crippen LogP contribution in [0.2, 0.25) is 0 Å². The predicted molar refractivity (Wildman–Crippen MR) is 120 cm³/mol. The lowest BCUT2D eigenvalue weighted by atomic mass is 10.1. The molecule has 27 heavy (non-hydrogen) atoms. The van der Waals surface area contributed by atoms with Gasteiger partial charge in [0.1, 0.15) is 7.14 Å². The molecule has 0 spiro atoms. The van der Waals surface area contributed by atoms with Crippen LogP contribution in [0.25, 0.3) is 11.1 Å². The average molecular weight is 435 g/mol. The van der Waals surface area contributed by atoms with Crippen LogP contribution in [-0.2, 0) is 4.57 Å². The summed E-state index contributed by atoms with van der Waals surface area (Å²) in [5, 5.41) is 1.84. The van der Waals surface area contributed by atoms with Crippen molar-refractivity contribution in [2.24, 2.45) is 0 Å². The Balaban J connectivity index is 1.77. The van der Waals surface area contributed by atoms with Gasteiger partial charge in [-0.25, -0.2) is 0 Å². The number of hydrogen-bond acceptors (Lipinski definition) is 1. The third kappa shape index (κ3) is 3.65. The molecular formula is C24H20BrOP. The maximum absolute atomic E-state index is 14.4. The summed E-state index contributed by atoms with van der Waals surface area (Å²) in [6, 6.07) is 26.4. The van der Waals surface area contributed by atoms with Crippen LogP contribution in [0, 0.1) is 0 Å². The van der Waals surface area contributed by atoms with Gasteiger partial charge in [-0.2, -0.15) is 0 Å². The van der Waals surface area contributed by atoms with Crippen molar-refractivity contribution in [3.05, 3.63) is 108 Å². The molecular weight excluding hydrogens is 415 g/mol. The molecule has 0 saturated heterocycles. The molecule has 0 N–H and O–H groups in total. The van der Waals surface area contributed by atoms with E-state index in [4.69, 9.17) is 0 Å². The maximum atomic E-state index is 14.4. The summed E-state index contributed by atoms with van der Waals surface area (Å²) in [4.78, 5) is 0. The van der Waals surface area contributed by atoms with Crippen LogP contribution >= 0.6 is 23.1 Å². The molecule has 1 aliphatic rings. The third-order valence-corrected chi connectivity index (χ3v) is 8.97. The van der Waals surface area contributed by atoms with E-state index in [1.807, 2.05) is 66.7 Å². The molecule has 134 valence electrons. The Morgan fingerprint density at radius 1 is 0.741 bits per heavy atom. The molecule has 0 radical (unpaired) electrons. The topological polar surface area (TPSA) is 17.1 Å². The minimum absolute atomic E-state index is 0.00318. The number of hydrogen-bond donors (Lipinski definition) is 0. The lowest BCUT2D eigenvalue weighted by molar-refractivity contribution is 0.582. The van der Waals surface area contributed by atoms with Gasteiger partial charge in [-0.05, 0) is 29.7 Å². The second-order valence-corrected chi connectivity index (χ2v) is 10.6. The van der Waals surface area contributed by atoms with Crippen LogP contribution in [0.4, 0.5) is 0 Å². The third-order valence-electron chi connectivity index (χ3n) is 4.99. The lowest BCUT2D eigenvalue weighted by Crippen LogP contribution is -2.25. The standard InChI is InChI=1S/C24H20BrOP/c25-21-15-11-19(12-16-21)20-13-17-24(18-14-20)27(26,22-7-3-1-4-8-22)23-9-5-2-6-10-23/h1-9,11-18,23H,10H2. The summed E-state index contributed by atoms with van der Waals surface area (Å²) in [5.41, 5.74) is 2.29. The van der Waals surface area contributed by atoms with Gasteiger partial charge in [0.2, 0.25) is 0 Å². The van der Waals surface area contributed by atoms with Crippen molar-refractivity contribution in [1.82, 2.24) is 0 Å². The Morgan fingerprint density at radius 3 is 1.93 bits per heavy atom. The average Bonchev–Trinajstić information content (AvgIpc) is 2.75. The van der Waals surface area contributed by atoms with Gasteiger partial charge in [0.25, 0.3) is 0 Å². The Labute approximate surface area is 169 Å². The molecule has 3 aromatic carbocycles. The van der Waals surface area contributed by atoms with Gasteiger partial charge in [-0.3, -0.25) is 0 Å². The van der Waals surface area contributed by atoms with E-state index in [1.165, 1.54) is 0 Å². The Kier molecular flexibility index (Phi) is 5.29. The van der Waals surface area contributed by atoms with Crippen LogP contribution < -0.4 is 10.6 Å². The fourth-order valence-corrected chi connectivity index (χ4v) is 6.83. The van der Waals surface area contributed by atoms with Gasteiger partial charge < -0.3 is 4.57 Å². The van der Waals surface area contributed by atoms with Crippen molar-refractivity contribution < 1.29 is 4.57 Å². The molecule has 0 amide bonds. The molecule has 2 atom stereocenters. The monoisotopic (exact) mass is 434 g/mol. The first-order chi connectivity index (χ1) is 13.2. The molecule has 1 aliphatic carbocycles.